The molecule has 0 saturated carbocycles. The lowest BCUT2D eigenvalue weighted by molar-refractivity contribution is -0.908. The number of quaternary nitrogens is 1. The Hall–Kier alpha value is -1.71. The maximum absolute atomic E-state index is 13.0. The first-order chi connectivity index (χ1) is 11.5. The number of nitrogens with one attached hydrogen (secondary N) is 3. The Morgan fingerprint density at radius 2 is 1.96 bits per heavy atom. The predicted octanol–water partition coefficient (Wildman–Crippen LogP) is 0.600. The van der Waals surface area contributed by atoms with Crippen LogP contribution in [-0.4, -0.2) is 50.8 Å². The van der Waals surface area contributed by atoms with Crippen molar-refractivity contribution in [2.24, 2.45) is 0 Å². The molecular weight excluding hydrogens is 340 g/mol. The summed E-state index contributed by atoms with van der Waals surface area (Å²) in [6.07, 6.45) is -2.62. The second-order valence-corrected chi connectivity index (χ2v) is 6.08. The maximum atomic E-state index is 13.0. The van der Waals surface area contributed by atoms with Crippen LogP contribution in [0.3, 0.4) is 0 Å². The average Bonchev–Trinajstić information content (AvgIpc) is 2.86. The summed E-state index contributed by atoms with van der Waals surface area (Å²) in [5, 5.41) is 6.50. The van der Waals surface area contributed by atoms with Gasteiger partial charge >= 0.3 is 6.29 Å². The zero-order valence-electron chi connectivity index (χ0n) is 13.1. The van der Waals surface area contributed by atoms with Crippen molar-refractivity contribution in [2.75, 3.05) is 44.7 Å². The van der Waals surface area contributed by atoms with Gasteiger partial charge < -0.3 is 29.7 Å². The predicted molar refractivity (Wildman–Crippen MR) is 87.9 cm³/mol. The van der Waals surface area contributed by atoms with Gasteiger partial charge in [-0.3, -0.25) is 0 Å². The zero-order valence-corrected chi connectivity index (χ0v) is 13.9. The molecule has 0 aromatic heterocycles. The minimum atomic E-state index is -3.61. The van der Waals surface area contributed by atoms with Crippen molar-refractivity contribution in [1.29, 1.82) is 0 Å². The molecule has 1 fully saturated rings. The minimum absolute atomic E-state index is 0.0104. The van der Waals surface area contributed by atoms with Gasteiger partial charge in [0.15, 0.2) is 16.6 Å². The number of anilines is 1. The molecule has 1 saturated heterocycles. The first-order valence-electron chi connectivity index (χ1n) is 7.88. The van der Waals surface area contributed by atoms with Gasteiger partial charge in [0.05, 0.1) is 19.8 Å². The largest absolute Gasteiger partial charge is 0.586 e. The van der Waals surface area contributed by atoms with Gasteiger partial charge in [-0.1, -0.05) is 0 Å². The van der Waals surface area contributed by atoms with Gasteiger partial charge in [-0.15, -0.1) is 8.78 Å². The van der Waals surface area contributed by atoms with Crippen molar-refractivity contribution in [3.05, 3.63) is 18.2 Å². The number of fused-ring (bicyclic) bond motifs is 1. The number of ether oxygens (including phenoxy) is 3. The van der Waals surface area contributed by atoms with Gasteiger partial charge in [-0.2, -0.15) is 0 Å². The van der Waals surface area contributed by atoms with Crippen molar-refractivity contribution in [3.8, 4) is 11.5 Å². The molecule has 0 bridgehead atoms. The first-order valence-corrected chi connectivity index (χ1v) is 8.29. The molecule has 2 heterocycles. The van der Waals surface area contributed by atoms with Crippen molar-refractivity contribution in [3.63, 3.8) is 0 Å². The number of hydrogen-bond donors (Lipinski definition) is 3. The SMILES string of the molecule is FC1(F)Oc2ccc(NC(=S)NCCC[NH+]3CCOCC3)cc2O1. The van der Waals surface area contributed by atoms with Crippen LogP contribution in [0.5, 0.6) is 11.5 Å². The van der Waals surface area contributed by atoms with E-state index in [0.717, 1.165) is 45.8 Å². The van der Waals surface area contributed by atoms with Gasteiger partial charge in [-0.05, 0) is 24.4 Å². The Kier molecular flexibility index (Phi) is 5.32. The van der Waals surface area contributed by atoms with E-state index in [2.05, 4.69) is 20.1 Å². The summed E-state index contributed by atoms with van der Waals surface area (Å²) in [5.41, 5.74) is 0.561. The highest BCUT2D eigenvalue weighted by Crippen LogP contribution is 2.42. The van der Waals surface area contributed by atoms with Crippen LogP contribution in [0.25, 0.3) is 0 Å². The van der Waals surface area contributed by atoms with Crippen molar-refractivity contribution >= 4 is 23.0 Å². The minimum Gasteiger partial charge on any atom is -0.395 e. The van der Waals surface area contributed by atoms with Gasteiger partial charge in [-0.25, -0.2) is 0 Å². The Balaban J connectivity index is 1.39. The summed E-state index contributed by atoms with van der Waals surface area (Å²) in [5.74, 6) is 0.00151. The lowest BCUT2D eigenvalue weighted by Crippen LogP contribution is -3.14. The van der Waals surface area contributed by atoms with Crippen molar-refractivity contribution < 1.29 is 27.9 Å². The summed E-state index contributed by atoms with van der Waals surface area (Å²) in [6, 6.07) is 4.46. The van der Waals surface area contributed by atoms with Crippen LogP contribution in [0, 0.1) is 0 Å². The smallest absolute Gasteiger partial charge is 0.395 e. The van der Waals surface area contributed by atoms with Gasteiger partial charge in [0.25, 0.3) is 0 Å². The van der Waals surface area contributed by atoms with Crippen LogP contribution in [0.1, 0.15) is 6.42 Å². The Morgan fingerprint density at radius 1 is 1.21 bits per heavy atom. The second-order valence-electron chi connectivity index (χ2n) is 5.68. The standard InChI is InChI=1S/C15H19F2N3O3S/c16-15(17)22-12-3-2-11(10-13(12)23-15)19-14(24)18-4-1-5-20-6-8-21-9-7-20/h2-3,10H,1,4-9H2,(H2,18,19,24)/p+1. The summed E-state index contributed by atoms with van der Waals surface area (Å²) < 4.78 is 40.0. The Morgan fingerprint density at radius 3 is 2.75 bits per heavy atom. The lowest BCUT2D eigenvalue weighted by atomic mass is 10.3. The summed E-state index contributed by atoms with van der Waals surface area (Å²) in [4.78, 5) is 1.54. The van der Waals surface area contributed by atoms with E-state index in [1.807, 2.05) is 0 Å². The third-order valence-corrected chi connectivity index (χ3v) is 4.10. The molecule has 1 aromatic carbocycles. The van der Waals surface area contributed by atoms with Gasteiger partial charge in [0.1, 0.15) is 13.1 Å². The highest BCUT2D eigenvalue weighted by atomic mass is 32.1. The number of benzene rings is 1. The van der Waals surface area contributed by atoms with Crippen LogP contribution in [0.4, 0.5) is 14.5 Å². The lowest BCUT2D eigenvalue weighted by Gasteiger charge is -2.23. The van der Waals surface area contributed by atoms with Crippen molar-refractivity contribution in [1.82, 2.24) is 5.32 Å². The van der Waals surface area contributed by atoms with E-state index >= 15 is 0 Å². The molecule has 2 aliphatic rings. The van der Waals surface area contributed by atoms with Crippen LogP contribution in [0.15, 0.2) is 18.2 Å². The molecule has 0 atom stereocenters. The van der Waals surface area contributed by atoms with E-state index in [1.165, 1.54) is 12.1 Å². The monoisotopic (exact) mass is 360 g/mol. The molecule has 0 unspecified atom stereocenters. The average molecular weight is 360 g/mol. The molecule has 1 aromatic rings. The normalized spacial score (nSPS) is 19.1. The second kappa shape index (κ2) is 7.45. The molecule has 3 N–H and O–H groups in total. The van der Waals surface area contributed by atoms with E-state index in [4.69, 9.17) is 17.0 Å². The molecule has 0 spiro atoms. The number of thiocarbonyl (C=S) groups is 1. The number of halogens is 2. The summed E-state index contributed by atoms with van der Waals surface area (Å²) in [6.45, 7) is 5.56. The fourth-order valence-electron chi connectivity index (χ4n) is 2.65. The third kappa shape index (κ3) is 4.65. The fourth-order valence-corrected chi connectivity index (χ4v) is 2.87. The van der Waals surface area contributed by atoms with E-state index < -0.39 is 6.29 Å². The van der Waals surface area contributed by atoms with Crippen molar-refractivity contribution in [2.45, 2.75) is 12.7 Å². The zero-order chi connectivity index (χ0) is 17.0. The maximum Gasteiger partial charge on any atom is 0.586 e. The van der Waals surface area contributed by atoms with E-state index in [1.54, 1.807) is 11.0 Å². The molecule has 24 heavy (non-hydrogen) atoms. The van der Waals surface area contributed by atoms with Crippen LogP contribution in [0.2, 0.25) is 0 Å². The highest BCUT2D eigenvalue weighted by Gasteiger charge is 2.43. The van der Waals surface area contributed by atoms with Crippen LogP contribution < -0.4 is 25.0 Å². The number of alkyl halides is 2. The van der Waals surface area contributed by atoms with Gasteiger partial charge in [0.2, 0.25) is 0 Å². The molecule has 0 aliphatic carbocycles. The Bertz CT molecular complexity index is 597. The number of hydrogen-bond acceptors (Lipinski definition) is 4. The van der Waals surface area contributed by atoms with E-state index in [-0.39, 0.29) is 11.5 Å². The molecule has 0 radical (unpaired) electrons. The highest BCUT2D eigenvalue weighted by molar-refractivity contribution is 7.80. The summed E-state index contributed by atoms with van der Waals surface area (Å²) >= 11 is 5.21. The Labute approximate surface area is 144 Å². The third-order valence-electron chi connectivity index (χ3n) is 3.85. The van der Waals surface area contributed by atoms with E-state index in [9.17, 15) is 8.78 Å². The van der Waals surface area contributed by atoms with Crippen LogP contribution >= 0.6 is 12.2 Å². The first kappa shape index (κ1) is 17.1. The molecule has 132 valence electrons. The number of morpholine rings is 1. The molecule has 2 aliphatic heterocycles. The fraction of sp³-hybridized carbons (Fsp3) is 0.533. The quantitative estimate of drug-likeness (QED) is 0.528. The van der Waals surface area contributed by atoms with Crippen LogP contribution in [-0.2, 0) is 4.74 Å². The number of rotatable bonds is 5. The molecule has 3 rings (SSSR count). The molecule has 9 heteroatoms. The van der Waals surface area contributed by atoms with Gasteiger partial charge in [0, 0.05) is 24.7 Å². The topological polar surface area (TPSA) is 56.2 Å². The molecular formula is C15H20F2N3O3S+. The van der Waals surface area contributed by atoms with E-state index in [0.29, 0.717) is 10.8 Å². The molecule has 6 nitrogen and oxygen atoms in total. The summed E-state index contributed by atoms with van der Waals surface area (Å²) in [7, 11) is 0. The molecule has 0 amide bonds.